The molecule has 0 spiro atoms. The molecule has 4 heteroatoms. The Labute approximate surface area is 93.9 Å². The topological polar surface area (TPSA) is 38.0 Å². The summed E-state index contributed by atoms with van der Waals surface area (Å²) in [5.41, 5.74) is 4.50. The van der Waals surface area contributed by atoms with Crippen LogP contribution in [0, 0.1) is 5.82 Å². The van der Waals surface area contributed by atoms with E-state index in [9.17, 15) is 4.39 Å². The fourth-order valence-corrected chi connectivity index (χ4v) is 1.60. The average molecular weight is 229 g/mol. The number of hydrazine groups is 1. The van der Waals surface area contributed by atoms with Gasteiger partial charge in [-0.15, -0.1) is 0 Å². The maximum atomic E-state index is 12.8. The fourth-order valence-electron chi connectivity index (χ4n) is 1.31. The molecule has 0 saturated heterocycles. The van der Waals surface area contributed by atoms with Gasteiger partial charge in [-0.1, -0.05) is 29.3 Å². The van der Waals surface area contributed by atoms with Crippen molar-refractivity contribution >= 4 is 11.6 Å². The van der Waals surface area contributed by atoms with Crippen LogP contribution in [-0.4, -0.2) is 0 Å². The molecule has 0 aliphatic heterocycles. The first-order valence-corrected chi connectivity index (χ1v) is 4.98. The summed E-state index contributed by atoms with van der Waals surface area (Å²) >= 11 is 5.92. The molecule has 0 saturated carbocycles. The number of benzene rings is 1. The molecule has 1 unspecified atom stereocenters. The van der Waals surface area contributed by atoms with Crippen LogP contribution in [-0.2, 0) is 0 Å². The van der Waals surface area contributed by atoms with Crippen LogP contribution in [0.2, 0.25) is 5.02 Å². The van der Waals surface area contributed by atoms with Gasteiger partial charge in [-0.25, -0.2) is 9.82 Å². The summed E-state index contributed by atoms with van der Waals surface area (Å²) in [6, 6.07) is 4.08. The lowest BCUT2D eigenvalue weighted by Crippen LogP contribution is -2.27. The van der Waals surface area contributed by atoms with Crippen molar-refractivity contribution in [3.63, 3.8) is 0 Å². The number of halogens is 2. The highest BCUT2D eigenvalue weighted by atomic mass is 35.5. The molecule has 0 bridgehead atoms. The number of hydrogen-bond acceptors (Lipinski definition) is 2. The van der Waals surface area contributed by atoms with Gasteiger partial charge >= 0.3 is 0 Å². The Morgan fingerprint density at radius 3 is 2.67 bits per heavy atom. The Kier molecular flexibility index (Phi) is 4.27. The van der Waals surface area contributed by atoms with E-state index in [-0.39, 0.29) is 11.9 Å². The van der Waals surface area contributed by atoms with E-state index >= 15 is 0 Å². The molecule has 3 N–H and O–H groups in total. The molecule has 0 fully saturated rings. The second-order valence-electron chi connectivity index (χ2n) is 3.55. The normalized spacial score (nSPS) is 12.3. The van der Waals surface area contributed by atoms with Crippen LogP contribution in [0.15, 0.2) is 29.8 Å². The van der Waals surface area contributed by atoms with Crippen molar-refractivity contribution < 1.29 is 4.39 Å². The van der Waals surface area contributed by atoms with Gasteiger partial charge in [-0.3, -0.25) is 5.84 Å². The summed E-state index contributed by atoms with van der Waals surface area (Å²) in [5, 5.41) is 0.371. The summed E-state index contributed by atoms with van der Waals surface area (Å²) in [7, 11) is 0. The van der Waals surface area contributed by atoms with Crippen LogP contribution >= 0.6 is 11.6 Å². The highest BCUT2D eigenvalue weighted by Gasteiger charge is 2.10. The Morgan fingerprint density at radius 2 is 2.20 bits per heavy atom. The van der Waals surface area contributed by atoms with Crippen molar-refractivity contribution in [2.24, 2.45) is 5.84 Å². The van der Waals surface area contributed by atoms with Crippen molar-refractivity contribution in [1.82, 2.24) is 5.43 Å². The minimum atomic E-state index is -0.350. The average Bonchev–Trinajstić information content (AvgIpc) is 2.14. The van der Waals surface area contributed by atoms with E-state index in [1.54, 1.807) is 6.07 Å². The van der Waals surface area contributed by atoms with Crippen LogP contribution in [0.3, 0.4) is 0 Å². The molecule has 0 aliphatic carbocycles. The molecule has 0 radical (unpaired) electrons. The van der Waals surface area contributed by atoms with Crippen molar-refractivity contribution in [1.29, 1.82) is 0 Å². The van der Waals surface area contributed by atoms with Gasteiger partial charge in [0.25, 0.3) is 0 Å². The number of nitrogens with two attached hydrogens (primary N) is 1. The van der Waals surface area contributed by atoms with E-state index in [0.29, 0.717) is 5.02 Å². The largest absolute Gasteiger partial charge is 0.271 e. The molecule has 0 amide bonds. The molecule has 15 heavy (non-hydrogen) atoms. The molecule has 0 heterocycles. The second kappa shape index (κ2) is 5.26. The van der Waals surface area contributed by atoms with Gasteiger partial charge < -0.3 is 0 Å². The smallest absolute Gasteiger partial charge is 0.124 e. The Hall–Kier alpha value is -0.900. The van der Waals surface area contributed by atoms with E-state index in [1.807, 2.05) is 19.9 Å². The predicted molar refractivity (Wildman–Crippen MR) is 60.9 cm³/mol. The lowest BCUT2D eigenvalue weighted by Gasteiger charge is -2.14. The third-order valence-corrected chi connectivity index (χ3v) is 2.30. The number of nitrogens with one attached hydrogen (secondary N) is 1. The summed E-state index contributed by atoms with van der Waals surface area (Å²) in [5.74, 6) is 5.06. The van der Waals surface area contributed by atoms with Crippen molar-refractivity contribution in [2.45, 2.75) is 19.9 Å². The molecular formula is C11H14ClFN2. The molecular weight excluding hydrogens is 215 g/mol. The molecule has 0 aromatic heterocycles. The zero-order valence-electron chi connectivity index (χ0n) is 8.72. The zero-order valence-corrected chi connectivity index (χ0v) is 9.48. The van der Waals surface area contributed by atoms with Crippen molar-refractivity contribution in [2.75, 3.05) is 0 Å². The maximum Gasteiger partial charge on any atom is 0.124 e. The first-order valence-electron chi connectivity index (χ1n) is 4.60. The van der Waals surface area contributed by atoms with Gasteiger partial charge in [0.2, 0.25) is 0 Å². The van der Waals surface area contributed by atoms with Gasteiger partial charge in [-0.05, 0) is 31.5 Å². The van der Waals surface area contributed by atoms with Crippen LogP contribution in [0.1, 0.15) is 25.5 Å². The van der Waals surface area contributed by atoms with Gasteiger partial charge in [0.1, 0.15) is 5.82 Å². The van der Waals surface area contributed by atoms with E-state index in [2.05, 4.69) is 5.43 Å². The van der Waals surface area contributed by atoms with Gasteiger partial charge in [0.05, 0.1) is 6.04 Å². The lowest BCUT2D eigenvalue weighted by atomic mass is 10.1. The molecule has 0 aliphatic rings. The monoisotopic (exact) mass is 228 g/mol. The minimum Gasteiger partial charge on any atom is -0.271 e. The van der Waals surface area contributed by atoms with Crippen LogP contribution < -0.4 is 11.3 Å². The summed E-state index contributed by atoms with van der Waals surface area (Å²) < 4.78 is 12.8. The van der Waals surface area contributed by atoms with Crippen molar-refractivity contribution in [3.05, 3.63) is 46.3 Å². The molecule has 82 valence electrons. The maximum absolute atomic E-state index is 12.8. The summed E-state index contributed by atoms with van der Waals surface area (Å²) in [6.07, 6.45) is 1.93. The Balaban J connectivity index is 3.07. The molecule has 1 aromatic carbocycles. The molecule has 2 nitrogen and oxygen atoms in total. The SMILES string of the molecule is CC(C)=CC(NN)c1ccc(F)cc1Cl. The Bertz CT molecular complexity index is 373. The standard InChI is InChI=1S/C11H14ClFN2/c1-7(2)5-11(15-14)9-4-3-8(13)6-10(9)12/h3-6,11,15H,14H2,1-2H3. The minimum absolute atomic E-state index is 0.192. The Morgan fingerprint density at radius 1 is 1.53 bits per heavy atom. The van der Waals surface area contributed by atoms with Gasteiger partial charge in [-0.2, -0.15) is 0 Å². The molecule has 1 atom stereocenters. The zero-order chi connectivity index (χ0) is 11.4. The van der Waals surface area contributed by atoms with Crippen LogP contribution in [0.5, 0.6) is 0 Å². The number of rotatable bonds is 3. The van der Waals surface area contributed by atoms with Crippen molar-refractivity contribution in [3.8, 4) is 0 Å². The van der Waals surface area contributed by atoms with E-state index in [4.69, 9.17) is 17.4 Å². The summed E-state index contributed by atoms with van der Waals surface area (Å²) in [4.78, 5) is 0. The van der Waals surface area contributed by atoms with E-state index in [1.165, 1.54) is 12.1 Å². The predicted octanol–water partition coefficient (Wildman–Crippen LogP) is 2.95. The van der Waals surface area contributed by atoms with Gasteiger partial charge in [0, 0.05) is 5.02 Å². The highest BCUT2D eigenvalue weighted by Crippen LogP contribution is 2.24. The molecule has 1 aromatic rings. The van der Waals surface area contributed by atoms with Gasteiger partial charge in [0.15, 0.2) is 0 Å². The van der Waals surface area contributed by atoms with Crippen LogP contribution in [0.4, 0.5) is 4.39 Å². The molecule has 1 rings (SSSR count). The van der Waals surface area contributed by atoms with Crippen LogP contribution in [0.25, 0.3) is 0 Å². The first-order chi connectivity index (χ1) is 7.04. The van der Waals surface area contributed by atoms with E-state index in [0.717, 1.165) is 11.1 Å². The lowest BCUT2D eigenvalue weighted by molar-refractivity contribution is 0.620. The third-order valence-electron chi connectivity index (χ3n) is 1.98. The quantitative estimate of drug-likeness (QED) is 0.474. The number of hydrogen-bond donors (Lipinski definition) is 2. The third kappa shape index (κ3) is 3.30. The summed E-state index contributed by atoms with van der Waals surface area (Å²) in [6.45, 7) is 3.92. The first kappa shape index (κ1) is 12.2. The van der Waals surface area contributed by atoms with E-state index < -0.39 is 0 Å². The fraction of sp³-hybridized carbons (Fsp3) is 0.273. The highest BCUT2D eigenvalue weighted by molar-refractivity contribution is 6.31. The number of allylic oxidation sites excluding steroid dienone is 1. The second-order valence-corrected chi connectivity index (χ2v) is 3.96.